The number of amides is 1. The molecule has 1 fully saturated rings. The quantitative estimate of drug-likeness (QED) is 0.701. The maximum absolute atomic E-state index is 13.0. The summed E-state index contributed by atoms with van der Waals surface area (Å²) in [4.78, 5) is 21.7. The number of carbonyl (C=O) groups is 1. The fourth-order valence-corrected chi connectivity index (χ4v) is 3.66. The van der Waals surface area contributed by atoms with Crippen molar-refractivity contribution in [3.8, 4) is 5.75 Å². The summed E-state index contributed by atoms with van der Waals surface area (Å²) in [6.45, 7) is 3.78. The van der Waals surface area contributed by atoms with Gasteiger partial charge in [-0.1, -0.05) is 0 Å². The molecule has 3 aromatic heterocycles. The van der Waals surface area contributed by atoms with Crippen LogP contribution in [0.4, 0.5) is 0 Å². The van der Waals surface area contributed by atoms with E-state index in [1.807, 2.05) is 26.0 Å². The molecule has 8 nitrogen and oxygen atoms in total. The van der Waals surface area contributed by atoms with Crippen molar-refractivity contribution < 1.29 is 14.6 Å². The predicted molar refractivity (Wildman–Crippen MR) is 102 cm³/mol. The summed E-state index contributed by atoms with van der Waals surface area (Å²) in [7, 11) is 1.58. The molecule has 0 aromatic carbocycles. The van der Waals surface area contributed by atoms with Gasteiger partial charge in [0.15, 0.2) is 5.65 Å². The van der Waals surface area contributed by atoms with Crippen molar-refractivity contribution >= 4 is 11.6 Å². The summed E-state index contributed by atoms with van der Waals surface area (Å²) in [5, 5.41) is 17.2. The second-order valence-electron chi connectivity index (χ2n) is 7.33. The number of hydrogen-bond acceptors (Lipinski definition) is 6. The Labute approximate surface area is 162 Å². The van der Waals surface area contributed by atoms with Gasteiger partial charge in [0.2, 0.25) is 0 Å². The van der Waals surface area contributed by atoms with E-state index in [0.29, 0.717) is 29.9 Å². The van der Waals surface area contributed by atoms with Crippen LogP contribution in [0.3, 0.4) is 0 Å². The molecular formula is C20H23N5O3. The highest BCUT2D eigenvalue weighted by Gasteiger charge is 2.36. The fraction of sp³-hybridized carbons (Fsp3) is 0.400. The third-order valence-electron chi connectivity index (χ3n) is 5.20. The molecule has 8 heteroatoms. The van der Waals surface area contributed by atoms with Crippen LogP contribution in [0.5, 0.6) is 5.75 Å². The molecule has 0 bridgehead atoms. The molecule has 4 rings (SSSR count). The van der Waals surface area contributed by atoms with Gasteiger partial charge in [0.25, 0.3) is 5.91 Å². The van der Waals surface area contributed by atoms with Gasteiger partial charge in [0.05, 0.1) is 31.1 Å². The summed E-state index contributed by atoms with van der Waals surface area (Å²) >= 11 is 0. The zero-order chi connectivity index (χ0) is 19.8. The van der Waals surface area contributed by atoms with Crippen molar-refractivity contribution in [2.45, 2.75) is 38.8 Å². The van der Waals surface area contributed by atoms with Gasteiger partial charge in [-0.25, -0.2) is 9.50 Å². The number of carbonyl (C=O) groups excluding carboxylic acids is 1. The molecule has 3 aromatic rings. The highest BCUT2D eigenvalue weighted by atomic mass is 16.5. The average molecular weight is 381 g/mol. The maximum atomic E-state index is 13.0. The molecular weight excluding hydrogens is 358 g/mol. The largest absolute Gasteiger partial charge is 0.495 e. The molecule has 1 amide bonds. The van der Waals surface area contributed by atoms with E-state index in [1.165, 1.54) is 0 Å². The summed E-state index contributed by atoms with van der Waals surface area (Å²) in [6.07, 6.45) is 4.29. The molecule has 1 aliphatic carbocycles. The Morgan fingerprint density at radius 3 is 2.79 bits per heavy atom. The van der Waals surface area contributed by atoms with Crippen LogP contribution in [0.25, 0.3) is 5.65 Å². The van der Waals surface area contributed by atoms with Crippen molar-refractivity contribution in [2.75, 3.05) is 7.11 Å². The lowest BCUT2D eigenvalue weighted by atomic mass is 9.75. The molecule has 3 heterocycles. The van der Waals surface area contributed by atoms with Crippen LogP contribution in [-0.2, 0) is 0 Å². The third-order valence-corrected chi connectivity index (χ3v) is 5.20. The van der Waals surface area contributed by atoms with Gasteiger partial charge in [-0.3, -0.25) is 9.78 Å². The number of hydrogen-bond donors (Lipinski definition) is 2. The van der Waals surface area contributed by atoms with Crippen LogP contribution in [-0.4, -0.2) is 43.8 Å². The van der Waals surface area contributed by atoms with E-state index in [9.17, 15) is 9.90 Å². The molecule has 0 radical (unpaired) electrons. The molecule has 0 spiro atoms. The van der Waals surface area contributed by atoms with Gasteiger partial charge < -0.3 is 15.2 Å². The first-order chi connectivity index (χ1) is 13.4. The first kappa shape index (κ1) is 18.4. The molecule has 1 aliphatic rings. The van der Waals surface area contributed by atoms with Crippen LogP contribution in [0.15, 0.2) is 30.6 Å². The topological polar surface area (TPSA) is 102 Å². The lowest BCUT2D eigenvalue weighted by molar-refractivity contribution is 0.0234. The van der Waals surface area contributed by atoms with Crippen molar-refractivity contribution in [3.63, 3.8) is 0 Å². The number of aryl methyl sites for hydroxylation is 2. The van der Waals surface area contributed by atoms with Gasteiger partial charge in [-0.15, -0.1) is 0 Å². The predicted octanol–water partition coefficient (Wildman–Crippen LogP) is 1.99. The number of nitrogens with one attached hydrogen (secondary N) is 1. The number of aliphatic hydroxyl groups excluding tert-OH is 1. The van der Waals surface area contributed by atoms with Crippen molar-refractivity contribution in [1.29, 1.82) is 0 Å². The molecule has 1 unspecified atom stereocenters. The Morgan fingerprint density at radius 1 is 1.29 bits per heavy atom. The van der Waals surface area contributed by atoms with Gasteiger partial charge in [-0.05, 0) is 50.3 Å². The number of ether oxygens (including phenoxy) is 1. The van der Waals surface area contributed by atoms with Crippen molar-refractivity contribution in [2.24, 2.45) is 5.92 Å². The van der Waals surface area contributed by atoms with Crippen molar-refractivity contribution in [3.05, 3.63) is 53.2 Å². The third kappa shape index (κ3) is 3.43. The van der Waals surface area contributed by atoms with Gasteiger partial charge in [0.1, 0.15) is 11.4 Å². The SMILES string of the molecule is COc1cncc(C(NC(=O)c2cc(C)n3nc(C)cc3n2)C2CC(O)C2)c1. The second kappa shape index (κ2) is 7.20. The molecule has 2 N–H and O–H groups in total. The Morgan fingerprint density at radius 2 is 2.07 bits per heavy atom. The minimum absolute atomic E-state index is 0.134. The van der Waals surface area contributed by atoms with Crippen LogP contribution >= 0.6 is 0 Å². The van der Waals surface area contributed by atoms with Gasteiger partial charge in [0, 0.05) is 18.0 Å². The summed E-state index contributed by atoms with van der Waals surface area (Å²) in [5.41, 5.74) is 3.51. The number of pyridine rings is 1. The van der Waals surface area contributed by atoms with Gasteiger partial charge in [-0.2, -0.15) is 5.10 Å². The lowest BCUT2D eigenvalue weighted by Crippen LogP contribution is -2.41. The summed E-state index contributed by atoms with van der Waals surface area (Å²) in [5.74, 6) is 0.496. The molecule has 146 valence electrons. The van der Waals surface area contributed by atoms with Crippen LogP contribution in [0, 0.1) is 19.8 Å². The highest BCUT2D eigenvalue weighted by Crippen LogP contribution is 2.38. The van der Waals surface area contributed by atoms with Crippen molar-refractivity contribution in [1.82, 2.24) is 24.9 Å². The van der Waals surface area contributed by atoms with E-state index < -0.39 is 0 Å². The monoisotopic (exact) mass is 381 g/mol. The normalized spacial score (nSPS) is 19.9. The standard InChI is InChI=1S/C20H23N5O3/c1-11-4-18-22-17(5-12(2)25(18)24-11)20(27)23-19(13-6-15(26)7-13)14-8-16(28-3)10-21-9-14/h4-5,8-10,13,15,19,26H,6-7H2,1-3H3,(H,23,27). The van der Waals surface area contributed by atoms with E-state index in [2.05, 4.69) is 20.4 Å². The number of methoxy groups -OCH3 is 1. The number of rotatable bonds is 5. The Balaban J connectivity index is 1.63. The first-order valence-corrected chi connectivity index (χ1v) is 9.26. The Hall–Kier alpha value is -3.00. The second-order valence-corrected chi connectivity index (χ2v) is 7.33. The minimum atomic E-state index is -0.325. The highest BCUT2D eigenvalue weighted by molar-refractivity contribution is 5.93. The van der Waals surface area contributed by atoms with E-state index in [-0.39, 0.29) is 24.0 Å². The summed E-state index contributed by atoms with van der Waals surface area (Å²) in [6, 6.07) is 5.16. The number of aromatic nitrogens is 4. The van der Waals surface area contributed by atoms with E-state index in [4.69, 9.17) is 4.74 Å². The first-order valence-electron chi connectivity index (χ1n) is 9.26. The van der Waals surface area contributed by atoms with Crippen LogP contribution < -0.4 is 10.1 Å². The molecule has 1 atom stereocenters. The zero-order valence-electron chi connectivity index (χ0n) is 16.1. The maximum Gasteiger partial charge on any atom is 0.270 e. The fourth-order valence-electron chi connectivity index (χ4n) is 3.66. The summed E-state index contributed by atoms with van der Waals surface area (Å²) < 4.78 is 6.99. The average Bonchev–Trinajstić information content (AvgIpc) is 3.04. The van der Waals surface area contributed by atoms with Gasteiger partial charge >= 0.3 is 0 Å². The Bertz CT molecular complexity index is 1030. The number of aliphatic hydroxyl groups is 1. The van der Waals surface area contributed by atoms with Crippen LogP contribution in [0.1, 0.15) is 46.3 Å². The zero-order valence-corrected chi connectivity index (χ0v) is 16.1. The van der Waals surface area contributed by atoms with E-state index in [0.717, 1.165) is 17.0 Å². The minimum Gasteiger partial charge on any atom is -0.495 e. The van der Waals surface area contributed by atoms with E-state index >= 15 is 0 Å². The Kier molecular flexibility index (Phi) is 4.72. The molecule has 0 aliphatic heterocycles. The number of fused-ring (bicyclic) bond motifs is 1. The van der Waals surface area contributed by atoms with E-state index in [1.54, 1.807) is 30.1 Å². The smallest absolute Gasteiger partial charge is 0.270 e. The lowest BCUT2D eigenvalue weighted by Gasteiger charge is -2.38. The number of nitrogens with zero attached hydrogens (tertiary/aromatic N) is 4. The molecule has 28 heavy (non-hydrogen) atoms. The molecule has 0 saturated heterocycles. The van der Waals surface area contributed by atoms with Crippen LogP contribution in [0.2, 0.25) is 0 Å². The molecule has 1 saturated carbocycles.